The van der Waals surface area contributed by atoms with Gasteiger partial charge in [-0.05, 0) is 30.4 Å². The molecule has 0 aliphatic carbocycles. The van der Waals surface area contributed by atoms with Gasteiger partial charge in [-0.25, -0.2) is 0 Å². The third-order valence-electron chi connectivity index (χ3n) is 4.34. The number of amides is 1. The fraction of sp³-hybridized carbons (Fsp3) is 0.588. The minimum Gasteiger partial charge on any atom is -0.379 e. The van der Waals surface area contributed by atoms with Gasteiger partial charge in [0.1, 0.15) is 0 Å². The summed E-state index contributed by atoms with van der Waals surface area (Å²) < 4.78 is 6.39. The average Bonchev–Trinajstić information content (AvgIpc) is 2.81. The monoisotopic (exact) mass is 398 g/mol. The molecule has 0 saturated carbocycles. The minimum absolute atomic E-state index is 0.159. The summed E-state index contributed by atoms with van der Waals surface area (Å²) in [5, 5.41) is 0. The molecule has 6 heteroatoms. The second-order valence-corrected chi connectivity index (χ2v) is 8.07. The van der Waals surface area contributed by atoms with Crippen LogP contribution < -0.4 is 0 Å². The Balaban J connectivity index is 1.73. The number of halogens is 1. The first-order valence-electron chi connectivity index (χ1n) is 8.18. The van der Waals surface area contributed by atoms with E-state index in [9.17, 15) is 4.79 Å². The van der Waals surface area contributed by atoms with Crippen LogP contribution in [0.1, 0.15) is 16.8 Å². The Morgan fingerprint density at radius 1 is 1.30 bits per heavy atom. The van der Waals surface area contributed by atoms with Gasteiger partial charge in [-0.15, -0.1) is 0 Å². The van der Waals surface area contributed by atoms with Crippen molar-refractivity contribution in [1.29, 1.82) is 0 Å². The molecule has 3 rings (SSSR count). The number of nitrogens with zero attached hydrogens (tertiary/aromatic N) is 2. The van der Waals surface area contributed by atoms with E-state index in [-0.39, 0.29) is 11.9 Å². The lowest BCUT2D eigenvalue weighted by atomic mass is 10.1. The van der Waals surface area contributed by atoms with Crippen LogP contribution in [0, 0.1) is 0 Å². The number of benzene rings is 1. The molecule has 0 spiro atoms. The smallest absolute Gasteiger partial charge is 0.254 e. The zero-order valence-corrected chi connectivity index (χ0v) is 15.7. The number of carbonyl (C=O) groups is 1. The third-order valence-corrected chi connectivity index (χ3v) is 6.03. The summed E-state index contributed by atoms with van der Waals surface area (Å²) in [5.74, 6) is 2.32. The molecule has 23 heavy (non-hydrogen) atoms. The molecule has 1 amide bonds. The Hall–Kier alpha value is -0.560. The summed E-state index contributed by atoms with van der Waals surface area (Å²) in [5.41, 5.74) is 0.776. The quantitative estimate of drug-likeness (QED) is 0.783. The van der Waals surface area contributed by atoms with E-state index >= 15 is 0 Å². The first kappa shape index (κ1) is 17.3. The molecule has 4 nitrogen and oxygen atoms in total. The van der Waals surface area contributed by atoms with Crippen LogP contribution >= 0.6 is 27.7 Å². The highest BCUT2D eigenvalue weighted by molar-refractivity contribution is 9.10. The van der Waals surface area contributed by atoms with Gasteiger partial charge in [-0.3, -0.25) is 9.69 Å². The van der Waals surface area contributed by atoms with E-state index in [2.05, 4.69) is 25.7 Å². The second-order valence-electron chi connectivity index (χ2n) is 6.00. The number of ether oxygens (including phenoxy) is 1. The fourth-order valence-electron chi connectivity index (χ4n) is 3.12. The lowest BCUT2D eigenvalue weighted by molar-refractivity contribution is 0.0245. The van der Waals surface area contributed by atoms with Crippen LogP contribution in [0.5, 0.6) is 0 Å². The summed E-state index contributed by atoms with van der Waals surface area (Å²) in [4.78, 5) is 17.5. The first-order chi connectivity index (χ1) is 11.2. The van der Waals surface area contributed by atoms with Gasteiger partial charge in [-0.1, -0.05) is 22.0 Å². The summed E-state index contributed by atoms with van der Waals surface area (Å²) >= 11 is 5.44. The molecule has 0 radical (unpaired) electrons. The molecule has 1 aromatic carbocycles. The van der Waals surface area contributed by atoms with Crippen LogP contribution in [-0.2, 0) is 4.74 Å². The predicted octanol–water partition coefficient (Wildman–Crippen LogP) is 2.73. The van der Waals surface area contributed by atoms with Crippen LogP contribution in [0.4, 0.5) is 0 Å². The van der Waals surface area contributed by atoms with Gasteiger partial charge in [-0.2, -0.15) is 11.8 Å². The predicted molar refractivity (Wildman–Crippen MR) is 98.2 cm³/mol. The van der Waals surface area contributed by atoms with E-state index in [1.54, 1.807) is 0 Å². The van der Waals surface area contributed by atoms with E-state index in [1.165, 1.54) is 0 Å². The topological polar surface area (TPSA) is 32.8 Å². The van der Waals surface area contributed by atoms with Crippen molar-refractivity contribution in [3.05, 3.63) is 34.3 Å². The Morgan fingerprint density at radius 3 is 2.91 bits per heavy atom. The summed E-state index contributed by atoms with van der Waals surface area (Å²) in [6.07, 6.45) is 1.07. The number of hydrogen-bond donors (Lipinski definition) is 0. The molecule has 2 aliphatic rings. The largest absolute Gasteiger partial charge is 0.379 e. The molecular formula is C17H23BrN2O2S. The summed E-state index contributed by atoms with van der Waals surface area (Å²) in [7, 11) is 0. The Labute approximate surface area is 150 Å². The number of carbonyl (C=O) groups excluding carboxylic acids is 1. The molecule has 2 fully saturated rings. The van der Waals surface area contributed by atoms with E-state index in [4.69, 9.17) is 4.74 Å². The molecule has 2 saturated heterocycles. The number of hydrogen-bond acceptors (Lipinski definition) is 4. The zero-order valence-electron chi connectivity index (χ0n) is 13.2. The standard InChI is InChI=1S/C17H23BrN2O2S/c18-15-4-1-3-14(11-15)17(21)20-5-2-10-23-13-16(20)12-19-6-8-22-9-7-19/h1,3-4,11,16H,2,5-10,12-13H2/t16-/m0/s1. The molecule has 1 atom stereocenters. The minimum atomic E-state index is 0.159. The normalized spacial score (nSPS) is 23.5. The molecule has 126 valence electrons. The van der Waals surface area contributed by atoms with E-state index < -0.39 is 0 Å². The van der Waals surface area contributed by atoms with Gasteiger partial charge in [0.2, 0.25) is 0 Å². The molecule has 0 unspecified atom stereocenters. The van der Waals surface area contributed by atoms with Crippen molar-refractivity contribution in [2.24, 2.45) is 0 Å². The van der Waals surface area contributed by atoms with Crippen molar-refractivity contribution >= 4 is 33.6 Å². The highest BCUT2D eigenvalue weighted by Crippen LogP contribution is 2.21. The summed E-state index contributed by atoms with van der Waals surface area (Å²) in [6.45, 7) is 5.36. The van der Waals surface area contributed by atoms with E-state index in [1.807, 2.05) is 36.0 Å². The molecular weight excluding hydrogens is 376 g/mol. The van der Waals surface area contributed by atoms with E-state index in [0.717, 1.165) is 67.4 Å². The van der Waals surface area contributed by atoms with Crippen molar-refractivity contribution in [2.45, 2.75) is 12.5 Å². The second kappa shape index (κ2) is 8.51. The molecule has 0 bridgehead atoms. The van der Waals surface area contributed by atoms with E-state index in [0.29, 0.717) is 0 Å². The number of thioether (sulfide) groups is 1. The van der Waals surface area contributed by atoms with Crippen LogP contribution in [0.3, 0.4) is 0 Å². The Morgan fingerprint density at radius 2 is 2.13 bits per heavy atom. The maximum Gasteiger partial charge on any atom is 0.254 e. The fourth-order valence-corrected chi connectivity index (χ4v) is 4.57. The molecule has 1 aromatic rings. The molecule has 2 heterocycles. The molecule has 0 N–H and O–H groups in total. The van der Waals surface area contributed by atoms with Gasteiger partial charge in [0.25, 0.3) is 5.91 Å². The van der Waals surface area contributed by atoms with Crippen LogP contribution in [0.15, 0.2) is 28.7 Å². The number of rotatable bonds is 3. The van der Waals surface area contributed by atoms with Crippen LogP contribution in [0.25, 0.3) is 0 Å². The summed E-state index contributed by atoms with van der Waals surface area (Å²) in [6, 6.07) is 8.01. The lowest BCUT2D eigenvalue weighted by Crippen LogP contribution is -2.50. The van der Waals surface area contributed by atoms with Crippen molar-refractivity contribution in [1.82, 2.24) is 9.80 Å². The molecule has 2 aliphatic heterocycles. The zero-order chi connectivity index (χ0) is 16.1. The van der Waals surface area contributed by atoms with Gasteiger partial charge in [0.15, 0.2) is 0 Å². The van der Waals surface area contributed by atoms with Gasteiger partial charge in [0.05, 0.1) is 19.3 Å². The highest BCUT2D eigenvalue weighted by atomic mass is 79.9. The van der Waals surface area contributed by atoms with Crippen molar-refractivity contribution in [3.63, 3.8) is 0 Å². The van der Waals surface area contributed by atoms with Crippen molar-refractivity contribution in [2.75, 3.05) is 50.9 Å². The highest BCUT2D eigenvalue weighted by Gasteiger charge is 2.28. The van der Waals surface area contributed by atoms with Crippen molar-refractivity contribution in [3.8, 4) is 0 Å². The van der Waals surface area contributed by atoms with Gasteiger partial charge >= 0.3 is 0 Å². The van der Waals surface area contributed by atoms with Crippen molar-refractivity contribution < 1.29 is 9.53 Å². The maximum absolute atomic E-state index is 13.0. The Kier molecular flexibility index (Phi) is 6.39. The van der Waals surface area contributed by atoms with Crippen LogP contribution in [0.2, 0.25) is 0 Å². The van der Waals surface area contributed by atoms with Crippen LogP contribution in [-0.4, -0.2) is 72.6 Å². The molecule has 0 aromatic heterocycles. The van der Waals surface area contributed by atoms with Gasteiger partial charge < -0.3 is 9.64 Å². The SMILES string of the molecule is O=C(c1cccc(Br)c1)N1CCCSC[C@@H]1CN1CCOCC1. The first-order valence-corrected chi connectivity index (χ1v) is 10.1. The lowest BCUT2D eigenvalue weighted by Gasteiger charge is -2.35. The average molecular weight is 399 g/mol. The maximum atomic E-state index is 13.0. The third kappa shape index (κ3) is 4.72. The number of morpholine rings is 1. The Bertz CT molecular complexity index is 537. The van der Waals surface area contributed by atoms with Gasteiger partial charge in [0, 0.05) is 42.0 Å².